The summed E-state index contributed by atoms with van der Waals surface area (Å²) in [6.07, 6.45) is 3.32. The zero-order chi connectivity index (χ0) is 25.2. The molecule has 5 rings (SSSR count). The van der Waals surface area contributed by atoms with Crippen LogP contribution >= 0.6 is 0 Å². The minimum absolute atomic E-state index is 0.180. The van der Waals surface area contributed by atoms with Crippen LogP contribution < -0.4 is 24.3 Å². The van der Waals surface area contributed by atoms with E-state index in [2.05, 4.69) is 5.32 Å². The number of aryl methyl sites for hydroxylation is 1. The van der Waals surface area contributed by atoms with Crippen LogP contribution in [0.25, 0.3) is 27.7 Å². The lowest BCUT2D eigenvalue weighted by Crippen LogP contribution is -2.09. The van der Waals surface area contributed by atoms with Crippen molar-refractivity contribution in [3.8, 4) is 34.1 Å². The summed E-state index contributed by atoms with van der Waals surface area (Å²) in [4.78, 5) is 12.9. The van der Waals surface area contributed by atoms with Gasteiger partial charge in [0.2, 0.25) is 12.7 Å². The lowest BCUT2D eigenvalue weighted by atomic mass is 9.96. The number of furan rings is 1. The third-order valence-electron chi connectivity index (χ3n) is 6.13. The van der Waals surface area contributed by atoms with Gasteiger partial charge in [-0.1, -0.05) is 12.1 Å². The fourth-order valence-electron chi connectivity index (χ4n) is 4.38. The average molecular weight is 486 g/mol. The molecule has 184 valence electrons. The van der Waals surface area contributed by atoms with E-state index in [-0.39, 0.29) is 12.7 Å². The predicted octanol–water partition coefficient (Wildman–Crippen LogP) is 6.59. The largest absolute Gasteiger partial charge is 0.497 e. The van der Waals surface area contributed by atoms with Crippen molar-refractivity contribution in [2.24, 2.45) is 0 Å². The molecule has 0 unspecified atom stereocenters. The standard InChI is InChI=1S/C29H27NO6/c1-5-33-28-18(3)29-23(24(15-34-29)19-7-6-8-21(12-19)32-4)14-22(28)17(2)11-27(31)30-20-9-10-25-26(13-20)36-16-35-25/h6-15H,5,16H2,1-4H3,(H,30,31)/b17-11+. The third-order valence-corrected chi connectivity index (χ3v) is 6.13. The average Bonchev–Trinajstić information content (AvgIpc) is 3.52. The molecule has 0 saturated heterocycles. The van der Waals surface area contributed by atoms with Gasteiger partial charge < -0.3 is 28.7 Å². The van der Waals surface area contributed by atoms with Gasteiger partial charge >= 0.3 is 0 Å². The predicted molar refractivity (Wildman–Crippen MR) is 139 cm³/mol. The number of hydrogen-bond donors (Lipinski definition) is 1. The molecule has 0 fully saturated rings. The van der Waals surface area contributed by atoms with E-state index in [1.165, 1.54) is 0 Å². The van der Waals surface area contributed by atoms with E-state index in [0.717, 1.165) is 44.5 Å². The second-order valence-electron chi connectivity index (χ2n) is 8.45. The fraction of sp³-hybridized carbons (Fsp3) is 0.207. The van der Waals surface area contributed by atoms with Crippen LogP contribution in [-0.4, -0.2) is 26.4 Å². The monoisotopic (exact) mass is 485 g/mol. The van der Waals surface area contributed by atoms with E-state index in [0.29, 0.717) is 29.5 Å². The van der Waals surface area contributed by atoms with Gasteiger partial charge in [-0.05, 0) is 62.2 Å². The Morgan fingerprint density at radius 3 is 2.75 bits per heavy atom. The first-order valence-electron chi connectivity index (χ1n) is 11.7. The Bertz CT molecular complexity index is 1480. The molecular formula is C29H27NO6. The number of fused-ring (bicyclic) bond motifs is 2. The van der Waals surface area contributed by atoms with E-state index < -0.39 is 0 Å². The Labute approximate surface area is 209 Å². The molecule has 0 spiro atoms. The number of rotatable bonds is 7. The second kappa shape index (κ2) is 9.70. The summed E-state index contributed by atoms with van der Waals surface area (Å²) in [5, 5.41) is 3.83. The quantitative estimate of drug-likeness (QED) is 0.298. The van der Waals surface area contributed by atoms with Gasteiger partial charge in [0.15, 0.2) is 11.5 Å². The maximum Gasteiger partial charge on any atom is 0.248 e. The van der Waals surface area contributed by atoms with Crippen molar-refractivity contribution in [2.45, 2.75) is 20.8 Å². The number of nitrogens with one attached hydrogen (secondary N) is 1. The van der Waals surface area contributed by atoms with Crippen LogP contribution in [0.4, 0.5) is 5.69 Å². The SMILES string of the molecule is CCOc1c(/C(C)=C/C(=O)Nc2ccc3c(c2)OCO3)cc2c(-c3cccc(OC)c3)coc2c1C. The molecule has 0 bridgehead atoms. The summed E-state index contributed by atoms with van der Waals surface area (Å²) in [7, 11) is 1.64. The van der Waals surface area contributed by atoms with Crippen molar-refractivity contribution in [1.82, 2.24) is 0 Å². The van der Waals surface area contributed by atoms with Crippen molar-refractivity contribution in [1.29, 1.82) is 0 Å². The number of allylic oxidation sites excluding steroid dienone is 1. The summed E-state index contributed by atoms with van der Waals surface area (Å²) in [5.41, 5.74) is 5.76. The van der Waals surface area contributed by atoms with Crippen LogP contribution in [0.3, 0.4) is 0 Å². The lowest BCUT2D eigenvalue weighted by Gasteiger charge is -2.15. The number of amides is 1. The molecule has 36 heavy (non-hydrogen) atoms. The van der Waals surface area contributed by atoms with E-state index >= 15 is 0 Å². The Morgan fingerprint density at radius 1 is 1.11 bits per heavy atom. The molecule has 1 aromatic heterocycles. The molecular weight excluding hydrogens is 458 g/mol. The van der Waals surface area contributed by atoms with Gasteiger partial charge in [0.05, 0.1) is 20.0 Å². The number of hydrogen-bond acceptors (Lipinski definition) is 6. The highest BCUT2D eigenvalue weighted by Crippen LogP contribution is 2.41. The van der Waals surface area contributed by atoms with Gasteiger partial charge in [0.1, 0.15) is 17.1 Å². The molecule has 0 atom stereocenters. The highest BCUT2D eigenvalue weighted by molar-refractivity contribution is 6.06. The molecule has 1 N–H and O–H groups in total. The number of benzene rings is 3. The van der Waals surface area contributed by atoms with E-state index in [4.69, 9.17) is 23.4 Å². The molecule has 0 saturated carbocycles. The molecule has 0 aliphatic carbocycles. The Hall–Kier alpha value is -4.39. The summed E-state index contributed by atoms with van der Waals surface area (Å²) in [6, 6.07) is 15.2. The van der Waals surface area contributed by atoms with Gasteiger partial charge in [-0.2, -0.15) is 0 Å². The van der Waals surface area contributed by atoms with Gasteiger partial charge in [-0.15, -0.1) is 0 Å². The molecule has 3 aromatic carbocycles. The molecule has 7 nitrogen and oxygen atoms in total. The maximum atomic E-state index is 12.9. The zero-order valence-corrected chi connectivity index (χ0v) is 20.6. The van der Waals surface area contributed by atoms with Gasteiger partial charge in [-0.3, -0.25) is 4.79 Å². The van der Waals surface area contributed by atoms with Crippen LogP contribution in [0.5, 0.6) is 23.0 Å². The van der Waals surface area contributed by atoms with Crippen molar-refractivity contribution < 1.29 is 28.2 Å². The molecule has 7 heteroatoms. The molecule has 1 amide bonds. The molecule has 1 aliphatic heterocycles. The van der Waals surface area contributed by atoms with Crippen LogP contribution in [0.15, 0.2) is 65.3 Å². The summed E-state index contributed by atoms with van der Waals surface area (Å²) in [5.74, 6) is 2.48. The number of anilines is 1. The maximum absolute atomic E-state index is 12.9. The Morgan fingerprint density at radius 2 is 1.94 bits per heavy atom. The number of ether oxygens (including phenoxy) is 4. The highest BCUT2D eigenvalue weighted by atomic mass is 16.7. The van der Waals surface area contributed by atoms with Crippen LogP contribution in [0.1, 0.15) is 25.0 Å². The minimum Gasteiger partial charge on any atom is -0.497 e. The van der Waals surface area contributed by atoms with Gasteiger partial charge in [-0.25, -0.2) is 0 Å². The Balaban J connectivity index is 1.53. The van der Waals surface area contributed by atoms with Gasteiger partial charge in [0, 0.05) is 39.9 Å². The second-order valence-corrected chi connectivity index (χ2v) is 8.45. The van der Waals surface area contributed by atoms with Crippen LogP contribution in [0.2, 0.25) is 0 Å². The topological polar surface area (TPSA) is 79.2 Å². The van der Waals surface area contributed by atoms with E-state index in [9.17, 15) is 4.79 Å². The molecule has 0 radical (unpaired) electrons. The molecule has 1 aliphatic rings. The van der Waals surface area contributed by atoms with Crippen LogP contribution in [0, 0.1) is 6.92 Å². The molecule has 2 heterocycles. The number of carbonyl (C=O) groups excluding carboxylic acids is 1. The Kier molecular flexibility index (Phi) is 6.29. The van der Waals surface area contributed by atoms with Crippen molar-refractivity contribution >= 4 is 28.1 Å². The zero-order valence-electron chi connectivity index (χ0n) is 20.6. The number of carbonyl (C=O) groups is 1. The third kappa shape index (κ3) is 4.35. The highest BCUT2D eigenvalue weighted by Gasteiger charge is 2.20. The normalized spacial score (nSPS) is 12.6. The minimum atomic E-state index is -0.258. The summed E-state index contributed by atoms with van der Waals surface area (Å²) < 4.78 is 28.1. The lowest BCUT2D eigenvalue weighted by molar-refractivity contribution is -0.111. The van der Waals surface area contributed by atoms with Crippen molar-refractivity contribution in [2.75, 3.05) is 25.8 Å². The smallest absolute Gasteiger partial charge is 0.248 e. The number of methoxy groups -OCH3 is 1. The summed E-state index contributed by atoms with van der Waals surface area (Å²) in [6.45, 7) is 6.46. The van der Waals surface area contributed by atoms with E-state index in [1.807, 2.05) is 51.1 Å². The first-order chi connectivity index (χ1) is 17.5. The van der Waals surface area contributed by atoms with E-state index in [1.54, 1.807) is 37.6 Å². The van der Waals surface area contributed by atoms with Crippen molar-refractivity contribution in [3.63, 3.8) is 0 Å². The fourth-order valence-corrected chi connectivity index (χ4v) is 4.38. The van der Waals surface area contributed by atoms with Crippen LogP contribution in [-0.2, 0) is 4.79 Å². The van der Waals surface area contributed by atoms with Crippen molar-refractivity contribution in [3.05, 3.63) is 72.0 Å². The first-order valence-corrected chi connectivity index (χ1v) is 11.7. The first kappa shape index (κ1) is 23.4. The molecule has 4 aromatic rings. The summed E-state index contributed by atoms with van der Waals surface area (Å²) >= 11 is 0. The van der Waals surface area contributed by atoms with Gasteiger partial charge in [0.25, 0.3) is 0 Å².